The van der Waals surface area contributed by atoms with Gasteiger partial charge < -0.3 is 10.3 Å². The molecule has 1 aromatic heterocycles. The van der Waals surface area contributed by atoms with Gasteiger partial charge in [-0.2, -0.15) is 0 Å². The van der Waals surface area contributed by atoms with Crippen LogP contribution in [0.5, 0.6) is 0 Å². The Labute approximate surface area is 187 Å². The molecule has 1 saturated carbocycles. The van der Waals surface area contributed by atoms with Gasteiger partial charge in [-0.15, -0.1) is 0 Å². The number of rotatable bonds is 10. The average molecular weight is 416 g/mol. The molecule has 0 radical (unpaired) electrons. The third-order valence-corrected chi connectivity index (χ3v) is 6.60. The van der Waals surface area contributed by atoms with Crippen molar-refractivity contribution < 1.29 is 0 Å². The lowest BCUT2D eigenvalue weighted by molar-refractivity contribution is 0.320. The van der Waals surface area contributed by atoms with Crippen LogP contribution in [0.4, 0.5) is 0 Å². The van der Waals surface area contributed by atoms with Gasteiger partial charge in [-0.3, -0.25) is 0 Å². The van der Waals surface area contributed by atoms with E-state index in [1.54, 1.807) is 0 Å². The van der Waals surface area contributed by atoms with E-state index in [2.05, 4.69) is 78.0 Å². The maximum absolute atomic E-state index is 5.03. The lowest BCUT2D eigenvalue weighted by Gasteiger charge is -2.27. The van der Waals surface area contributed by atoms with E-state index in [0.29, 0.717) is 12.1 Å². The molecular weight excluding hydrogens is 378 g/mol. The number of aromatic nitrogens is 2. The van der Waals surface area contributed by atoms with Crippen LogP contribution in [-0.4, -0.2) is 16.0 Å². The summed E-state index contributed by atoms with van der Waals surface area (Å²) in [6.45, 7) is 2.28. The lowest BCUT2D eigenvalue weighted by Crippen LogP contribution is -2.35. The zero-order valence-electron chi connectivity index (χ0n) is 18.9. The van der Waals surface area contributed by atoms with Gasteiger partial charge in [-0.05, 0) is 30.4 Å². The Morgan fingerprint density at radius 2 is 1.58 bits per heavy atom. The van der Waals surface area contributed by atoms with Crippen LogP contribution in [0, 0.1) is 0 Å². The molecule has 3 heteroatoms. The van der Waals surface area contributed by atoms with Crippen LogP contribution in [0.2, 0.25) is 0 Å². The first-order valence-corrected chi connectivity index (χ1v) is 12.3. The third kappa shape index (κ3) is 6.07. The highest BCUT2D eigenvalue weighted by Crippen LogP contribution is 2.27. The Balaban J connectivity index is 1.46. The number of H-pyrrole nitrogens is 1. The highest BCUT2D eigenvalue weighted by Gasteiger charge is 2.21. The molecule has 2 aromatic carbocycles. The number of aromatic amines is 1. The van der Waals surface area contributed by atoms with Crippen molar-refractivity contribution in [3.8, 4) is 22.4 Å². The second-order valence-electron chi connectivity index (χ2n) is 9.02. The van der Waals surface area contributed by atoms with E-state index < -0.39 is 0 Å². The minimum Gasteiger partial charge on any atom is -0.347 e. The van der Waals surface area contributed by atoms with Crippen LogP contribution in [0.1, 0.15) is 83.0 Å². The summed E-state index contributed by atoms with van der Waals surface area (Å²) in [7, 11) is 0. The van der Waals surface area contributed by atoms with Crippen LogP contribution in [0.25, 0.3) is 22.4 Å². The van der Waals surface area contributed by atoms with Gasteiger partial charge in [0.1, 0.15) is 5.82 Å². The number of nitrogens with one attached hydrogen (secondary N) is 2. The van der Waals surface area contributed by atoms with E-state index in [9.17, 15) is 0 Å². The molecule has 1 aliphatic rings. The number of benzene rings is 2. The predicted octanol–water partition coefficient (Wildman–Crippen LogP) is 7.68. The van der Waals surface area contributed by atoms with Crippen molar-refractivity contribution in [1.82, 2.24) is 15.3 Å². The van der Waals surface area contributed by atoms with E-state index in [4.69, 9.17) is 4.98 Å². The van der Waals surface area contributed by atoms with Gasteiger partial charge in [0.2, 0.25) is 0 Å². The Morgan fingerprint density at radius 1 is 0.871 bits per heavy atom. The molecule has 4 rings (SSSR count). The van der Waals surface area contributed by atoms with Crippen LogP contribution in [0.15, 0.2) is 60.8 Å². The quantitative estimate of drug-likeness (QED) is 0.333. The summed E-state index contributed by atoms with van der Waals surface area (Å²) < 4.78 is 0. The van der Waals surface area contributed by atoms with Crippen molar-refractivity contribution in [3.05, 3.63) is 66.6 Å². The summed E-state index contributed by atoms with van der Waals surface area (Å²) in [6.07, 6.45) is 15.1. The summed E-state index contributed by atoms with van der Waals surface area (Å²) in [5.41, 5.74) is 4.71. The fraction of sp³-hybridized carbons (Fsp3) is 0.464. The van der Waals surface area contributed by atoms with Crippen molar-refractivity contribution in [2.24, 2.45) is 0 Å². The molecule has 0 amide bonds. The van der Waals surface area contributed by atoms with Crippen molar-refractivity contribution >= 4 is 0 Å². The second kappa shape index (κ2) is 11.3. The molecule has 3 aromatic rings. The largest absolute Gasteiger partial charge is 0.347 e. The number of nitrogens with zero attached hydrogens (tertiary/aromatic N) is 1. The standard InChI is InChI=1S/C28H37N3/c1-2-3-4-11-16-26(30-25-14-9-6-10-15-25)28-29-21-27(31-28)24-19-17-23(18-20-24)22-12-7-5-8-13-22/h5,7-8,12-13,17-21,25-26,30H,2-4,6,9-11,14-16H2,1H3,(H,29,31)/t26-/m1/s1. The summed E-state index contributed by atoms with van der Waals surface area (Å²) in [6, 6.07) is 20.3. The topological polar surface area (TPSA) is 40.7 Å². The third-order valence-electron chi connectivity index (χ3n) is 6.60. The summed E-state index contributed by atoms with van der Waals surface area (Å²) in [4.78, 5) is 8.54. The van der Waals surface area contributed by atoms with Crippen molar-refractivity contribution in [2.45, 2.75) is 83.2 Å². The maximum atomic E-state index is 5.03. The van der Waals surface area contributed by atoms with Gasteiger partial charge in [0.25, 0.3) is 0 Å². The van der Waals surface area contributed by atoms with Crippen LogP contribution >= 0.6 is 0 Å². The molecule has 164 valence electrons. The van der Waals surface area contributed by atoms with E-state index in [-0.39, 0.29) is 0 Å². The molecule has 1 aliphatic carbocycles. The highest BCUT2D eigenvalue weighted by atomic mass is 15.0. The van der Waals surface area contributed by atoms with Crippen molar-refractivity contribution in [1.29, 1.82) is 0 Å². The zero-order chi connectivity index (χ0) is 21.3. The first-order chi connectivity index (χ1) is 15.3. The molecule has 0 aliphatic heterocycles. The fourth-order valence-corrected chi connectivity index (χ4v) is 4.76. The van der Waals surface area contributed by atoms with Crippen LogP contribution in [0.3, 0.4) is 0 Å². The van der Waals surface area contributed by atoms with Crippen LogP contribution in [-0.2, 0) is 0 Å². The number of unbranched alkanes of at least 4 members (excludes halogenated alkanes) is 3. The normalized spacial score (nSPS) is 15.8. The van der Waals surface area contributed by atoms with E-state index in [1.165, 1.54) is 74.5 Å². The predicted molar refractivity (Wildman–Crippen MR) is 131 cm³/mol. The van der Waals surface area contributed by atoms with Gasteiger partial charge >= 0.3 is 0 Å². The first kappa shape index (κ1) is 21.8. The molecule has 0 spiro atoms. The van der Waals surface area contributed by atoms with Gasteiger partial charge in [-0.25, -0.2) is 4.98 Å². The highest BCUT2D eigenvalue weighted by molar-refractivity contribution is 5.68. The summed E-state index contributed by atoms with van der Waals surface area (Å²) in [5, 5.41) is 3.95. The first-order valence-electron chi connectivity index (χ1n) is 12.3. The molecule has 0 unspecified atom stereocenters. The molecule has 1 atom stereocenters. The molecule has 2 N–H and O–H groups in total. The second-order valence-corrected chi connectivity index (χ2v) is 9.02. The lowest BCUT2D eigenvalue weighted by atomic mass is 9.94. The smallest absolute Gasteiger partial charge is 0.124 e. The maximum Gasteiger partial charge on any atom is 0.124 e. The fourth-order valence-electron chi connectivity index (χ4n) is 4.76. The van der Waals surface area contributed by atoms with E-state index >= 15 is 0 Å². The van der Waals surface area contributed by atoms with Gasteiger partial charge in [-0.1, -0.05) is 106 Å². The molecule has 1 fully saturated rings. The van der Waals surface area contributed by atoms with Gasteiger partial charge in [0.15, 0.2) is 0 Å². The Morgan fingerprint density at radius 3 is 2.32 bits per heavy atom. The zero-order valence-corrected chi connectivity index (χ0v) is 18.9. The van der Waals surface area contributed by atoms with Gasteiger partial charge in [0.05, 0.1) is 11.7 Å². The Bertz CT molecular complexity index is 892. The SMILES string of the molecule is CCCCCC[C@@H](NC1CCCCC1)c1nc(-c2ccc(-c3ccccc3)cc2)c[nH]1. The summed E-state index contributed by atoms with van der Waals surface area (Å²) in [5.74, 6) is 1.10. The van der Waals surface area contributed by atoms with E-state index in [0.717, 1.165) is 17.9 Å². The molecule has 3 nitrogen and oxygen atoms in total. The molecule has 31 heavy (non-hydrogen) atoms. The van der Waals surface area contributed by atoms with Crippen molar-refractivity contribution in [3.63, 3.8) is 0 Å². The molecule has 0 saturated heterocycles. The van der Waals surface area contributed by atoms with Crippen LogP contribution < -0.4 is 5.32 Å². The Hall–Kier alpha value is -2.39. The Kier molecular flexibility index (Phi) is 7.95. The number of hydrogen-bond acceptors (Lipinski definition) is 2. The minimum absolute atomic E-state index is 0.331. The number of imidazole rings is 1. The monoisotopic (exact) mass is 415 g/mol. The van der Waals surface area contributed by atoms with Crippen molar-refractivity contribution in [2.75, 3.05) is 0 Å². The summed E-state index contributed by atoms with van der Waals surface area (Å²) >= 11 is 0. The number of hydrogen-bond donors (Lipinski definition) is 2. The van der Waals surface area contributed by atoms with E-state index in [1.807, 2.05) is 0 Å². The molecule has 1 heterocycles. The van der Waals surface area contributed by atoms with Gasteiger partial charge in [0, 0.05) is 17.8 Å². The average Bonchev–Trinajstić information content (AvgIpc) is 3.33. The minimum atomic E-state index is 0.331. The molecule has 0 bridgehead atoms. The molecular formula is C28H37N3.